The molecule has 0 amide bonds. The lowest BCUT2D eigenvalue weighted by molar-refractivity contribution is -0.116. The van der Waals surface area contributed by atoms with Crippen LogP contribution in [0, 0.1) is 5.82 Å². The monoisotopic (exact) mass is 265 g/mol. The van der Waals surface area contributed by atoms with Crippen LogP contribution in [-0.4, -0.2) is 25.0 Å². The van der Waals surface area contributed by atoms with Gasteiger partial charge in [-0.15, -0.1) is 0 Å². The largest absolute Gasteiger partial charge is 0.490 e. The normalized spacial score (nSPS) is 21.8. The summed E-state index contributed by atoms with van der Waals surface area (Å²) >= 11 is 0. The summed E-state index contributed by atoms with van der Waals surface area (Å²) in [5.41, 5.74) is 0.815. The molecule has 0 aliphatic heterocycles. The molecule has 1 aromatic carbocycles. The SMILES string of the molecule is CNC1CC(Oc2cc(F)cc(CCC(C)=O)c2)C1. The summed E-state index contributed by atoms with van der Waals surface area (Å²) in [7, 11) is 1.93. The van der Waals surface area contributed by atoms with E-state index >= 15 is 0 Å². The van der Waals surface area contributed by atoms with E-state index in [1.54, 1.807) is 6.92 Å². The predicted octanol–water partition coefficient (Wildman–Crippen LogP) is 2.48. The van der Waals surface area contributed by atoms with Crippen LogP contribution in [0.15, 0.2) is 18.2 Å². The number of hydrogen-bond donors (Lipinski definition) is 1. The van der Waals surface area contributed by atoms with Gasteiger partial charge in [-0.2, -0.15) is 0 Å². The Labute approximate surface area is 113 Å². The van der Waals surface area contributed by atoms with Crippen molar-refractivity contribution < 1.29 is 13.9 Å². The van der Waals surface area contributed by atoms with E-state index in [1.807, 2.05) is 13.1 Å². The van der Waals surface area contributed by atoms with Crippen molar-refractivity contribution in [2.24, 2.45) is 0 Å². The molecule has 0 unspecified atom stereocenters. The standard InChI is InChI=1S/C15H20FNO2/c1-10(18)3-4-11-5-12(16)7-14(6-11)19-15-8-13(9-15)17-2/h5-7,13,15,17H,3-4,8-9H2,1-2H3. The molecule has 19 heavy (non-hydrogen) atoms. The fraction of sp³-hybridized carbons (Fsp3) is 0.533. The van der Waals surface area contributed by atoms with E-state index in [1.165, 1.54) is 12.1 Å². The van der Waals surface area contributed by atoms with Crippen molar-refractivity contribution in [1.82, 2.24) is 5.32 Å². The van der Waals surface area contributed by atoms with Gasteiger partial charge in [0.1, 0.15) is 23.5 Å². The predicted molar refractivity (Wildman–Crippen MR) is 71.9 cm³/mol. The fourth-order valence-corrected chi connectivity index (χ4v) is 2.24. The minimum absolute atomic E-state index is 0.114. The van der Waals surface area contributed by atoms with Crippen molar-refractivity contribution in [2.75, 3.05) is 7.05 Å². The number of carbonyl (C=O) groups is 1. The van der Waals surface area contributed by atoms with Crippen LogP contribution >= 0.6 is 0 Å². The third-order valence-corrected chi connectivity index (χ3v) is 3.50. The van der Waals surface area contributed by atoms with Crippen molar-refractivity contribution >= 4 is 5.78 Å². The first-order valence-corrected chi connectivity index (χ1v) is 6.69. The van der Waals surface area contributed by atoms with Gasteiger partial charge in [0, 0.05) is 18.5 Å². The highest BCUT2D eigenvalue weighted by molar-refractivity contribution is 5.75. The molecular formula is C15H20FNO2. The number of hydrogen-bond acceptors (Lipinski definition) is 3. The molecule has 2 rings (SSSR count). The molecule has 0 bridgehead atoms. The van der Waals surface area contributed by atoms with E-state index in [4.69, 9.17) is 4.74 Å². The van der Waals surface area contributed by atoms with Crippen molar-refractivity contribution in [3.05, 3.63) is 29.6 Å². The quantitative estimate of drug-likeness (QED) is 0.858. The molecule has 0 aromatic heterocycles. The molecule has 0 radical (unpaired) electrons. The Hall–Kier alpha value is -1.42. The van der Waals surface area contributed by atoms with E-state index in [-0.39, 0.29) is 17.7 Å². The van der Waals surface area contributed by atoms with Crippen LogP contribution in [0.3, 0.4) is 0 Å². The zero-order chi connectivity index (χ0) is 13.8. The molecule has 104 valence electrons. The molecular weight excluding hydrogens is 245 g/mol. The maximum atomic E-state index is 13.5. The number of ether oxygens (including phenoxy) is 1. The molecule has 0 spiro atoms. The number of Topliss-reactive ketones (excluding diaryl/α,β-unsaturated/α-hetero) is 1. The summed E-state index contributed by atoms with van der Waals surface area (Å²) in [4.78, 5) is 11.0. The summed E-state index contributed by atoms with van der Waals surface area (Å²) < 4.78 is 19.2. The minimum Gasteiger partial charge on any atom is -0.490 e. The lowest BCUT2D eigenvalue weighted by Gasteiger charge is -2.35. The average molecular weight is 265 g/mol. The van der Waals surface area contributed by atoms with E-state index in [0.29, 0.717) is 24.6 Å². The van der Waals surface area contributed by atoms with Gasteiger partial charge in [-0.3, -0.25) is 0 Å². The summed E-state index contributed by atoms with van der Waals surface area (Å²) in [5.74, 6) is 0.376. The van der Waals surface area contributed by atoms with Crippen molar-refractivity contribution in [3.8, 4) is 5.75 Å². The molecule has 1 aliphatic carbocycles. The third-order valence-electron chi connectivity index (χ3n) is 3.50. The Bertz CT molecular complexity index is 455. The second-order valence-corrected chi connectivity index (χ2v) is 5.19. The Morgan fingerprint density at radius 2 is 2.16 bits per heavy atom. The van der Waals surface area contributed by atoms with Gasteiger partial charge >= 0.3 is 0 Å². The van der Waals surface area contributed by atoms with Crippen molar-refractivity contribution in [1.29, 1.82) is 0 Å². The molecule has 3 nitrogen and oxygen atoms in total. The number of benzene rings is 1. The Morgan fingerprint density at radius 3 is 2.79 bits per heavy atom. The maximum absolute atomic E-state index is 13.5. The molecule has 0 heterocycles. The topological polar surface area (TPSA) is 38.3 Å². The molecule has 0 atom stereocenters. The van der Waals surface area contributed by atoms with Crippen LogP contribution in [0.5, 0.6) is 5.75 Å². The fourth-order valence-electron chi connectivity index (χ4n) is 2.24. The van der Waals surface area contributed by atoms with Crippen molar-refractivity contribution in [3.63, 3.8) is 0 Å². The first-order valence-electron chi connectivity index (χ1n) is 6.69. The van der Waals surface area contributed by atoms with E-state index < -0.39 is 0 Å². The van der Waals surface area contributed by atoms with Gasteiger partial charge in [0.05, 0.1) is 0 Å². The Balaban J connectivity index is 1.95. The number of rotatable bonds is 6. The van der Waals surface area contributed by atoms with Crippen LogP contribution in [0.4, 0.5) is 4.39 Å². The van der Waals surface area contributed by atoms with E-state index in [0.717, 1.165) is 18.4 Å². The highest BCUT2D eigenvalue weighted by Gasteiger charge is 2.29. The zero-order valence-electron chi connectivity index (χ0n) is 11.4. The smallest absolute Gasteiger partial charge is 0.130 e. The van der Waals surface area contributed by atoms with Gasteiger partial charge < -0.3 is 14.8 Å². The second kappa shape index (κ2) is 6.15. The molecule has 4 heteroatoms. The number of ketones is 1. The lowest BCUT2D eigenvalue weighted by atomic mass is 9.89. The summed E-state index contributed by atoms with van der Waals surface area (Å²) in [5, 5.41) is 3.18. The van der Waals surface area contributed by atoms with Gasteiger partial charge in [-0.25, -0.2) is 4.39 Å². The van der Waals surface area contributed by atoms with Crippen molar-refractivity contribution in [2.45, 2.75) is 44.8 Å². The lowest BCUT2D eigenvalue weighted by Crippen LogP contribution is -2.45. The number of nitrogens with one attached hydrogen (secondary N) is 1. The zero-order valence-corrected chi connectivity index (χ0v) is 11.4. The first kappa shape index (κ1) is 14.0. The van der Waals surface area contributed by atoms with Gasteiger partial charge in [0.25, 0.3) is 0 Å². The van der Waals surface area contributed by atoms with Crippen LogP contribution in [-0.2, 0) is 11.2 Å². The van der Waals surface area contributed by atoms with E-state index in [2.05, 4.69) is 5.32 Å². The summed E-state index contributed by atoms with van der Waals surface area (Å²) in [6.07, 6.45) is 3.08. The molecule has 1 aromatic rings. The first-order chi connectivity index (χ1) is 9.06. The Kier molecular flexibility index (Phi) is 4.53. The van der Waals surface area contributed by atoms with Crippen LogP contribution in [0.25, 0.3) is 0 Å². The van der Waals surface area contributed by atoms with Gasteiger partial charge in [0.15, 0.2) is 0 Å². The second-order valence-electron chi connectivity index (χ2n) is 5.19. The third kappa shape index (κ3) is 4.03. The van der Waals surface area contributed by atoms with Gasteiger partial charge in [-0.1, -0.05) is 0 Å². The summed E-state index contributed by atoms with van der Waals surface area (Å²) in [6, 6.07) is 5.21. The molecule has 1 saturated carbocycles. The van der Waals surface area contributed by atoms with Crippen LogP contribution in [0.1, 0.15) is 31.7 Å². The van der Waals surface area contributed by atoms with Crippen LogP contribution in [0.2, 0.25) is 0 Å². The Morgan fingerprint density at radius 1 is 1.42 bits per heavy atom. The molecule has 0 saturated heterocycles. The highest BCUT2D eigenvalue weighted by atomic mass is 19.1. The molecule has 1 aliphatic rings. The average Bonchev–Trinajstić information content (AvgIpc) is 2.30. The number of aryl methyl sites for hydroxylation is 1. The number of carbonyl (C=O) groups excluding carboxylic acids is 1. The maximum Gasteiger partial charge on any atom is 0.130 e. The number of halogens is 1. The highest BCUT2D eigenvalue weighted by Crippen LogP contribution is 2.27. The van der Waals surface area contributed by atoms with Gasteiger partial charge in [0.2, 0.25) is 0 Å². The minimum atomic E-state index is -0.305. The van der Waals surface area contributed by atoms with E-state index in [9.17, 15) is 9.18 Å². The molecule has 1 fully saturated rings. The van der Waals surface area contributed by atoms with Crippen LogP contribution < -0.4 is 10.1 Å². The molecule has 1 N–H and O–H groups in total. The van der Waals surface area contributed by atoms with Gasteiger partial charge in [-0.05, 0) is 50.9 Å². The summed E-state index contributed by atoms with van der Waals surface area (Å²) in [6.45, 7) is 1.54.